The minimum atomic E-state index is 0.223. The third-order valence-corrected chi connectivity index (χ3v) is 6.42. The van der Waals surface area contributed by atoms with Gasteiger partial charge in [-0.3, -0.25) is 0 Å². The number of nitrogens with zero attached hydrogens (tertiary/aromatic N) is 3. The Morgan fingerprint density at radius 2 is 1.46 bits per heavy atom. The van der Waals surface area contributed by atoms with Crippen molar-refractivity contribution in [2.75, 3.05) is 0 Å². The van der Waals surface area contributed by atoms with Crippen molar-refractivity contribution >= 4 is 11.6 Å². The van der Waals surface area contributed by atoms with E-state index in [9.17, 15) is 0 Å². The zero-order chi connectivity index (χ0) is 17.3. The van der Waals surface area contributed by atoms with Gasteiger partial charge in [-0.15, -0.1) is 0 Å². The lowest BCUT2D eigenvalue weighted by molar-refractivity contribution is -0.00598. The highest BCUT2D eigenvalue weighted by Gasteiger charge is 2.62. The quantitative estimate of drug-likeness (QED) is 0.608. The molecule has 6 rings (SSSR count). The predicted octanol–water partition coefficient (Wildman–Crippen LogP) is 5.15. The summed E-state index contributed by atoms with van der Waals surface area (Å²) in [5.74, 6) is 4.56. The van der Waals surface area contributed by atoms with Crippen LogP contribution < -0.4 is 0 Å². The lowest BCUT2D eigenvalue weighted by Gasteiger charge is -2.67. The molecule has 126 valence electrons. The molecule has 0 aliphatic heterocycles. The van der Waals surface area contributed by atoms with Gasteiger partial charge in [0.05, 0.1) is 0 Å². The van der Waals surface area contributed by atoms with Crippen molar-refractivity contribution in [2.24, 2.45) is 17.8 Å². The first-order valence-corrected chi connectivity index (χ1v) is 9.44. The first-order chi connectivity index (χ1) is 12.8. The topological polar surface area (TPSA) is 38.7 Å². The average molecular weight is 358 g/mol. The van der Waals surface area contributed by atoms with Crippen LogP contribution in [0, 0.1) is 17.8 Å². The van der Waals surface area contributed by atoms with Gasteiger partial charge in [-0.05, 0) is 47.3 Å². The molecule has 4 atom stereocenters. The van der Waals surface area contributed by atoms with E-state index in [1.807, 2.05) is 30.3 Å². The summed E-state index contributed by atoms with van der Waals surface area (Å²) in [6.07, 6.45) is 3.80. The molecule has 0 spiro atoms. The van der Waals surface area contributed by atoms with Crippen LogP contribution in [0.25, 0.3) is 22.8 Å². The van der Waals surface area contributed by atoms with Gasteiger partial charge in [-0.25, -0.2) is 4.98 Å². The lowest BCUT2D eigenvalue weighted by Crippen LogP contribution is -2.58. The van der Waals surface area contributed by atoms with E-state index in [0.29, 0.717) is 17.6 Å². The summed E-state index contributed by atoms with van der Waals surface area (Å²) in [5, 5.41) is 0.223. The number of halogens is 1. The Morgan fingerprint density at radius 3 is 2.04 bits per heavy atom. The molecule has 0 N–H and O–H groups in total. The summed E-state index contributed by atoms with van der Waals surface area (Å²) >= 11 is 6.16. The maximum atomic E-state index is 6.16. The maximum Gasteiger partial charge on any atom is 0.226 e. The lowest BCUT2D eigenvalue weighted by atomic mass is 9.37. The van der Waals surface area contributed by atoms with Crippen LogP contribution in [0.15, 0.2) is 66.2 Å². The highest BCUT2D eigenvalue weighted by atomic mass is 35.5. The second-order valence-corrected chi connectivity index (χ2v) is 7.82. The van der Waals surface area contributed by atoms with Crippen LogP contribution in [0.1, 0.15) is 17.9 Å². The molecule has 1 heterocycles. The molecule has 4 heteroatoms. The zero-order valence-electron chi connectivity index (χ0n) is 14.0. The highest BCUT2D eigenvalue weighted by Crippen LogP contribution is 2.71. The standard InChI is InChI=1S/C22H16ClN3/c23-22-25-20(13-4-2-1-3-5-13)24-21(26-22)14-8-6-12(7-9-14)18-16-10-15-11-17(18)19(15)16/h1-10,16-19H,11H2/t16-,17?,18?,19-/m1/s1. The largest absolute Gasteiger partial charge is 0.226 e. The molecule has 3 aromatic rings. The third-order valence-electron chi connectivity index (χ3n) is 6.25. The van der Waals surface area contributed by atoms with Crippen molar-refractivity contribution in [1.29, 1.82) is 0 Å². The van der Waals surface area contributed by atoms with Gasteiger partial charge >= 0.3 is 0 Å². The maximum absolute atomic E-state index is 6.16. The van der Waals surface area contributed by atoms with Gasteiger partial charge in [0.1, 0.15) is 0 Å². The summed E-state index contributed by atoms with van der Waals surface area (Å²) < 4.78 is 0. The molecule has 1 aromatic heterocycles. The van der Waals surface area contributed by atoms with Gasteiger partial charge in [-0.1, -0.05) is 66.2 Å². The van der Waals surface area contributed by atoms with Gasteiger partial charge in [0.2, 0.25) is 5.28 Å². The fraction of sp³-hybridized carbons (Fsp3) is 0.227. The molecule has 26 heavy (non-hydrogen) atoms. The van der Waals surface area contributed by atoms with Crippen molar-refractivity contribution in [3.05, 3.63) is 77.1 Å². The van der Waals surface area contributed by atoms with Gasteiger partial charge < -0.3 is 0 Å². The fourth-order valence-electron chi connectivity index (χ4n) is 4.93. The molecule has 0 saturated heterocycles. The molecule has 0 bridgehead atoms. The smallest absolute Gasteiger partial charge is 0.208 e. The minimum absolute atomic E-state index is 0.223. The second kappa shape index (κ2) is 5.24. The van der Waals surface area contributed by atoms with E-state index in [2.05, 4.69) is 45.3 Å². The first-order valence-electron chi connectivity index (χ1n) is 9.06. The van der Waals surface area contributed by atoms with Crippen LogP contribution in [0.5, 0.6) is 0 Å². The van der Waals surface area contributed by atoms with E-state index in [4.69, 9.17) is 11.6 Å². The van der Waals surface area contributed by atoms with Crippen LogP contribution >= 0.6 is 11.6 Å². The Morgan fingerprint density at radius 1 is 0.769 bits per heavy atom. The normalized spacial score (nSPS) is 27.5. The number of rotatable bonds is 3. The Balaban J connectivity index is 1.33. The SMILES string of the molecule is Clc1nc(-c2ccccc2)nc(-c2ccc(C3C4CC5=C[C@H]3[C@@H]54)cc2)n1. The molecular formula is C22H16ClN3. The summed E-state index contributed by atoms with van der Waals surface area (Å²) in [5.41, 5.74) is 5.07. The van der Waals surface area contributed by atoms with Crippen molar-refractivity contribution in [3.8, 4) is 22.8 Å². The molecule has 0 radical (unpaired) electrons. The molecule has 0 amide bonds. The Hall–Kier alpha value is -2.52. The Bertz CT molecular complexity index is 1040. The predicted molar refractivity (Wildman–Crippen MR) is 102 cm³/mol. The van der Waals surface area contributed by atoms with Crippen molar-refractivity contribution in [1.82, 2.24) is 15.0 Å². The number of hydrogen-bond donors (Lipinski definition) is 0. The third kappa shape index (κ3) is 1.98. The van der Waals surface area contributed by atoms with E-state index >= 15 is 0 Å². The van der Waals surface area contributed by atoms with Crippen molar-refractivity contribution < 1.29 is 0 Å². The van der Waals surface area contributed by atoms with E-state index in [1.54, 1.807) is 5.57 Å². The number of hydrogen-bond acceptors (Lipinski definition) is 3. The van der Waals surface area contributed by atoms with Gasteiger partial charge in [0.15, 0.2) is 11.6 Å². The van der Waals surface area contributed by atoms with E-state index in [0.717, 1.165) is 28.9 Å². The molecular weight excluding hydrogens is 342 g/mol. The van der Waals surface area contributed by atoms with E-state index < -0.39 is 0 Å². The van der Waals surface area contributed by atoms with Gasteiger partial charge in [-0.2, -0.15) is 9.97 Å². The second-order valence-electron chi connectivity index (χ2n) is 7.48. The van der Waals surface area contributed by atoms with Crippen LogP contribution in [0.2, 0.25) is 5.28 Å². The molecule has 2 saturated carbocycles. The van der Waals surface area contributed by atoms with Crippen LogP contribution in [0.3, 0.4) is 0 Å². The molecule has 2 aromatic carbocycles. The van der Waals surface area contributed by atoms with Crippen molar-refractivity contribution in [3.63, 3.8) is 0 Å². The van der Waals surface area contributed by atoms with Crippen LogP contribution in [-0.4, -0.2) is 15.0 Å². The Labute approximate surface area is 156 Å². The molecule has 3 nitrogen and oxygen atoms in total. The van der Waals surface area contributed by atoms with Gasteiger partial charge in [0, 0.05) is 11.1 Å². The molecule has 2 unspecified atom stereocenters. The minimum Gasteiger partial charge on any atom is -0.208 e. The Kier molecular flexibility index (Phi) is 2.95. The molecule has 3 aliphatic rings. The summed E-state index contributed by atoms with van der Waals surface area (Å²) in [4.78, 5) is 13.2. The zero-order valence-corrected chi connectivity index (χ0v) is 14.8. The van der Waals surface area contributed by atoms with E-state index in [-0.39, 0.29) is 5.28 Å². The monoisotopic (exact) mass is 357 g/mol. The van der Waals surface area contributed by atoms with Crippen LogP contribution in [0.4, 0.5) is 0 Å². The molecule has 2 fully saturated rings. The number of allylic oxidation sites excluding steroid dienone is 2. The molecule has 3 aliphatic carbocycles. The summed E-state index contributed by atoms with van der Waals surface area (Å²) in [7, 11) is 0. The van der Waals surface area contributed by atoms with E-state index in [1.165, 1.54) is 12.0 Å². The highest BCUT2D eigenvalue weighted by molar-refractivity contribution is 6.28. The van der Waals surface area contributed by atoms with Crippen molar-refractivity contribution in [2.45, 2.75) is 12.3 Å². The summed E-state index contributed by atoms with van der Waals surface area (Å²) in [6, 6.07) is 18.6. The van der Waals surface area contributed by atoms with Crippen LogP contribution in [-0.2, 0) is 0 Å². The number of benzene rings is 2. The average Bonchev–Trinajstić information content (AvgIpc) is 2.68. The van der Waals surface area contributed by atoms with Gasteiger partial charge in [0.25, 0.3) is 0 Å². The first kappa shape index (κ1) is 14.6. The fourth-order valence-corrected chi connectivity index (χ4v) is 5.09. The summed E-state index contributed by atoms with van der Waals surface area (Å²) in [6.45, 7) is 0. The number of aromatic nitrogens is 3.